The van der Waals surface area contributed by atoms with Gasteiger partial charge in [-0.25, -0.2) is 0 Å². The average molecular weight is 222 g/mol. The van der Waals surface area contributed by atoms with Gasteiger partial charge in [0.2, 0.25) is 0 Å². The summed E-state index contributed by atoms with van der Waals surface area (Å²) in [6.07, 6.45) is -0.347. The number of rotatable bonds is 2. The zero-order valence-electron chi connectivity index (χ0n) is 9.72. The first-order valence-corrected chi connectivity index (χ1v) is 5.62. The van der Waals surface area contributed by atoms with E-state index < -0.39 is 5.60 Å². The minimum absolute atomic E-state index is 0.129. The van der Waals surface area contributed by atoms with Gasteiger partial charge in [-0.15, -0.1) is 0 Å². The predicted octanol–water partition coefficient (Wildman–Crippen LogP) is 2.12. The Morgan fingerprint density at radius 1 is 1.19 bits per heavy atom. The summed E-state index contributed by atoms with van der Waals surface area (Å²) in [5.41, 5.74) is 0.138. The van der Waals surface area contributed by atoms with Crippen LogP contribution in [0.2, 0.25) is 0 Å². The van der Waals surface area contributed by atoms with Crippen molar-refractivity contribution in [1.29, 1.82) is 0 Å². The van der Waals surface area contributed by atoms with Gasteiger partial charge in [-0.3, -0.25) is 0 Å². The van der Waals surface area contributed by atoms with Crippen LogP contribution in [0.4, 0.5) is 0 Å². The van der Waals surface area contributed by atoms with Gasteiger partial charge in [0.1, 0.15) is 5.60 Å². The molecule has 1 aromatic rings. The smallest absolute Gasteiger partial charge is 0.184 e. The lowest BCUT2D eigenvalue weighted by atomic mass is 9.91. The zero-order chi connectivity index (χ0) is 11.6. The Balaban J connectivity index is 2.01. The summed E-state index contributed by atoms with van der Waals surface area (Å²) in [7, 11) is 0. The zero-order valence-corrected chi connectivity index (χ0v) is 9.72. The van der Waals surface area contributed by atoms with Crippen molar-refractivity contribution in [2.45, 2.75) is 25.7 Å². The SMILES string of the molecule is CC(C)C1(O)COC(c2ccccc2)OC1. The second kappa shape index (κ2) is 4.53. The van der Waals surface area contributed by atoms with Crippen molar-refractivity contribution < 1.29 is 14.6 Å². The molecule has 16 heavy (non-hydrogen) atoms. The van der Waals surface area contributed by atoms with Crippen molar-refractivity contribution in [2.75, 3.05) is 13.2 Å². The highest BCUT2D eigenvalue weighted by molar-refractivity contribution is 5.16. The first-order valence-electron chi connectivity index (χ1n) is 5.62. The average Bonchev–Trinajstić information content (AvgIpc) is 2.31. The quantitative estimate of drug-likeness (QED) is 0.833. The van der Waals surface area contributed by atoms with Crippen LogP contribution in [0.5, 0.6) is 0 Å². The maximum Gasteiger partial charge on any atom is 0.184 e. The van der Waals surface area contributed by atoms with Crippen LogP contribution in [0.15, 0.2) is 30.3 Å². The van der Waals surface area contributed by atoms with Crippen molar-refractivity contribution in [3.05, 3.63) is 35.9 Å². The molecule has 1 aliphatic rings. The van der Waals surface area contributed by atoms with Gasteiger partial charge < -0.3 is 14.6 Å². The maximum absolute atomic E-state index is 10.2. The van der Waals surface area contributed by atoms with Crippen LogP contribution in [-0.4, -0.2) is 23.9 Å². The molecule has 0 amide bonds. The van der Waals surface area contributed by atoms with Crippen molar-refractivity contribution in [1.82, 2.24) is 0 Å². The lowest BCUT2D eigenvalue weighted by Gasteiger charge is -2.38. The third-order valence-electron chi connectivity index (χ3n) is 3.12. The molecule has 1 fully saturated rings. The van der Waals surface area contributed by atoms with Crippen LogP contribution < -0.4 is 0 Å². The summed E-state index contributed by atoms with van der Waals surface area (Å²) < 4.78 is 11.1. The highest BCUT2D eigenvalue weighted by atomic mass is 16.7. The van der Waals surface area contributed by atoms with E-state index in [0.29, 0.717) is 13.2 Å². The van der Waals surface area contributed by atoms with Crippen LogP contribution in [0.1, 0.15) is 25.7 Å². The monoisotopic (exact) mass is 222 g/mol. The third-order valence-corrected chi connectivity index (χ3v) is 3.12. The minimum atomic E-state index is -0.856. The molecule has 2 rings (SSSR count). The van der Waals surface area contributed by atoms with Gasteiger partial charge >= 0.3 is 0 Å². The Morgan fingerprint density at radius 2 is 1.75 bits per heavy atom. The molecule has 1 N–H and O–H groups in total. The second-order valence-corrected chi connectivity index (χ2v) is 4.62. The predicted molar refractivity (Wildman–Crippen MR) is 60.9 cm³/mol. The molecular formula is C13H18O3. The molecule has 0 aromatic heterocycles. The lowest BCUT2D eigenvalue weighted by molar-refractivity contribution is -0.267. The largest absolute Gasteiger partial charge is 0.385 e. The first-order chi connectivity index (χ1) is 7.62. The Kier molecular flexibility index (Phi) is 3.28. The van der Waals surface area contributed by atoms with E-state index in [1.54, 1.807) is 0 Å². The van der Waals surface area contributed by atoms with Gasteiger partial charge in [-0.1, -0.05) is 44.2 Å². The van der Waals surface area contributed by atoms with Crippen LogP contribution in [-0.2, 0) is 9.47 Å². The molecule has 0 bridgehead atoms. The molecule has 3 heteroatoms. The molecule has 0 spiro atoms. The van der Waals surface area contributed by atoms with E-state index in [1.807, 2.05) is 44.2 Å². The number of ether oxygens (including phenoxy) is 2. The summed E-state index contributed by atoms with van der Waals surface area (Å²) in [4.78, 5) is 0. The Labute approximate surface area is 96.0 Å². The lowest BCUT2D eigenvalue weighted by Crippen LogP contribution is -2.48. The summed E-state index contributed by atoms with van der Waals surface area (Å²) in [5, 5.41) is 10.2. The number of aliphatic hydroxyl groups is 1. The molecular weight excluding hydrogens is 204 g/mol. The molecule has 0 aliphatic carbocycles. The van der Waals surface area contributed by atoms with E-state index in [9.17, 15) is 5.11 Å². The van der Waals surface area contributed by atoms with Gasteiger partial charge in [0.15, 0.2) is 6.29 Å². The van der Waals surface area contributed by atoms with Crippen molar-refractivity contribution in [2.24, 2.45) is 5.92 Å². The standard InChI is InChI=1S/C13H18O3/c1-10(2)13(14)8-15-12(16-9-13)11-6-4-3-5-7-11/h3-7,10,12,14H,8-9H2,1-2H3. The van der Waals surface area contributed by atoms with Gasteiger partial charge in [0, 0.05) is 5.56 Å². The molecule has 88 valence electrons. The maximum atomic E-state index is 10.2. The van der Waals surface area contributed by atoms with Crippen LogP contribution in [0, 0.1) is 5.92 Å². The molecule has 1 aromatic carbocycles. The molecule has 1 aliphatic heterocycles. The summed E-state index contributed by atoms with van der Waals surface area (Å²) >= 11 is 0. The van der Waals surface area contributed by atoms with E-state index in [-0.39, 0.29) is 12.2 Å². The fourth-order valence-electron chi connectivity index (χ4n) is 1.67. The van der Waals surface area contributed by atoms with E-state index in [1.165, 1.54) is 0 Å². The molecule has 0 unspecified atom stereocenters. The Morgan fingerprint density at radius 3 is 2.25 bits per heavy atom. The Bertz CT molecular complexity index is 326. The molecule has 0 saturated carbocycles. The summed E-state index contributed by atoms with van der Waals surface area (Å²) in [5.74, 6) is 0.129. The first kappa shape index (κ1) is 11.6. The third kappa shape index (κ3) is 2.26. The van der Waals surface area contributed by atoms with E-state index >= 15 is 0 Å². The van der Waals surface area contributed by atoms with E-state index in [2.05, 4.69) is 0 Å². The number of benzene rings is 1. The summed E-state index contributed by atoms with van der Waals surface area (Å²) in [6, 6.07) is 9.78. The van der Waals surface area contributed by atoms with Gasteiger partial charge in [0.25, 0.3) is 0 Å². The fraction of sp³-hybridized carbons (Fsp3) is 0.538. The van der Waals surface area contributed by atoms with Crippen LogP contribution >= 0.6 is 0 Å². The van der Waals surface area contributed by atoms with Gasteiger partial charge in [-0.05, 0) is 5.92 Å². The highest BCUT2D eigenvalue weighted by Crippen LogP contribution is 2.30. The highest BCUT2D eigenvalue weighted by Gasteiger charge is 2.37. The topological polar surface area (TPSA) is 38.7 Å². The Hall–Kier alpha value is -0.900. The fourth-order valence-corrected chi connectivity index (χ4v) is 1.67. The number of hydrogen-bond donors (Lipinski definition) is 1. The van der Waals surface area contributed by atoms with Crippen molar-refractivity contribution in [3.8, 4) is 0 Å². The van der Waals surface area contributed by atoms with E-state index in [0.717, 1.165) is 5.56 Å². The number of hydrogen-bond acceptors (Lipinski definition) is 3. The molecule has 0 atom stereocenters. The minimum Gasteiger partial charge on any atom is -0.385 e. The second-order valence-electron chi connectivity index (χ2n) is 4.62. The van der Waals surface area contributed by atoms with Crippen molar-refractivity contribution >= 4 is 0 Å². The van der Waals surface area contributed by atoms with Crippen molar-refractivity contribution in [3.63, 3.8) is 0 Å². The normalized spacial score (nSPS) is 30.6. The van der Waals surface area contributed by atoms with Gasteiger partial charge in [-0.2, -0.15) is 0 Å². The van der Waals surface area contributed by atoms with Crippen LogP contribution in [0.3, 0.4) is 0 Å². The van der Waals surface area contributed by atoms with Crippen LogP contribution in [0.25, 0.3) is 0 Å². The molecule has 1 heterocycles. The van der Waals surface area contributed by atoms with E-state index in [4.69, 9.17) is 9.47 Å². The molecule has 1 saturated heterocycles. The van der Waals surface area contributed by atoms with Gasteiger partial charge in [0.05, 0.1) is 13.2 Å². The molecule has 0 radical (unpaired) electrons. The molecule has 3 nitrogen and oxygen atoms in total. The summed E-state index contributed by atoms with van der Waals surface area (Å²) in [6.45, 7) is 4.58.